The SMILES string of the molecule is c1c(NC2CCNC2)nnc2c1CCC2. The van der Waals surface area contributed by atoms with E-state index in [1.807, 2.05) is 0 Å². The summed E-state index contributed by atoms with van der Waals surface area (Å²) in [6.07, 6.45) is 4.69. The number of hydrogen-bond acceptors (Lipinski definition) is 4. The molecule has 4 nitrogen and oxygen atoms in total. The van der Waals surface area contributed by atoms with Crippen molar-refractivity contribution < 1.29 is 0 Å². The van der Waals surface area contributed by atoms with Gasteiger partial charge in [-0.25, -0.2) is 0 Å². The Balaban J connectivity index is 1.75. The van der Waals surface area contributed by atoms with Crippen LogP contribution in [-0.4, -0.2) is 29.3 Å². The Morgan fingerprint density at radius 2 is 2.33 bits per heavy atom. The lowest BCUT2D eigenvalue weighted by Gasteiger charge is -2.11. The maximum atomic E-state index is 4.27. The zero-order valence-electron chi connectivity index (χ0n) is 8.79. The molecule has 1 atom stereocenters. The van der Waals surface area contributed by atoms with Crippen LogP contribution in [0.1, 0.15) is 24.1 Å². The number of aryl methyl sites for hydroxylation is 2. The molecular weight excluding hydrogens is 188 g/mol. The topological polar surface area (TPSA) is 49.8 Å². The highest BCUT2D eigenvalue weighted by atomic mass is 15.2. The molecule has 3 rings (SSSR count). The van der Waals surface area contributed by atoms with E-state index in [0.717, 1.165) is 25.3 Å². The van der Waals surface area contributed by atoms with Gasteiger partial charge in [0.05, 0.1) is 5.69 Å². The van der Waals surface area contributed by atoms with Gasteiger partial charge >= 0.3 is 0 Å². The second-order valence-electron chi connectivity index (χ2n) is 4.39. The summed E-state index contributed by atoms with van der Waals surface area (Å²) in [7, 11) is 0. The van der Waals surface area contributed by atoms with Gasteiger partial charge in [0.25, 0.3) is 0 Å². The van der Waals surface area contributed by atoms with Crippen LogP contribution in [0.3, 0.4) is 0 Å². The molecule has 1 aromatic heterocycles. The lowest BCUT2D eigenvalue weighted by Crippen LogP contribution is -2.23. The molecule has 1 aliphatic carbocycles. The molecule has 1 saturated heterocycles. The summed E-state index contributed by atoms with van der Waals surface area (Å²) in [6.45, 7) is 2.15. The number of rotatable bonds is 2. The smallest absolute Gasteiger partial charge is 0.149 e. The molecule has 2 aliphatic rings. The van der Waals surface area contributed by atoms with E-state index in [0.29, 0.717) is 6.04 Å². The van der Waals surface area contributed by atoms with Crippen LogP contribution < -0.4 is 10.6 Å². The summed E-state index contributed by atoms with van der Waals surface area (Å²) in [5.41, 5.74) is 2.59. The minimum atomic E-state index is 0.527. The first-order chi connectivity index (χ1) is 7.42. The third-order valence-electron chi connectivity index (χ3n) is 3.23. The molecule has 1 aliphatic heterocycles. The molecule has 2 heterocycles. The molecule has 0 radical (unpaired) electrons. The summed E-state index contributed by atoms with van der Waals surface area (Å²) in [6, 6.07) is 2.70. The van der Waals surface area contributed by atoms with Crippen LogP contribution in [0.5, 0.6) is 0 Å². The molecule has 80 valence electrons. The largest absolute Gasteiger partial charge is 0.365 e. The van der Waals surface area contributed by atoms with Crippen LogP contribution in [0, 0.1) is 0 Å². The van der Waals surface area contributed by atoms with Crippen LogP contribution in [0.2, 0.25) is 0 Å². The maximum absolute atomic E-state index is 4.27. The van der Waals surface area contributed by atoms with Gasteiger partial charge in [0.2, 0.25) is 0 Å². The first-order valence-corrected chi connectivity index (χ1v) is 5.74. The zero-order valence-corrected chi connectivity index (χ0v) is 8.79. The summed E-state index contributed by atoms with van der Waals surface area (Å²) < 4.78 is 0. The van der Waals surface area contributed by atoms with Crippen molar-refractivity contribution in [2.45, 2.75) is 31.7 Å². The van der Waals surface area contributed by atoms with E-state index in [2.05, 4.69) is 26.9 Å². The van der Waals surface area contributed by atoms with Crippen LogP contribution in [-0.2, 0) is 12.8 Å². The molecule has 0 amide bonds. The standard InChI is InChI=1S/C11H16N4/c1-2-8-6-11(15-14-10(8)3-1)13-9-4-5-12-7-9/h6,9,12H,1-5,7H2,(H,13,15). The molecular formula is C11H16N4. The van der Waals surface area contributed by atoms with Gasteiger partial charge in [0.1, 0.15) is 5.82 Å². The van der Waals surface area contributed by atoms with Crippen molar-refractivity contribution in [3.8, 4) is 0 Å². The fraction of sp³-hybridized carbons (Fsp3) is 0.636. The van der Waals surface area contributed by atoms with E-state index in [1.54, 1.807) is 0 Å². The number of aromatic nitrogens is 2. The zero-order chi connectivity index (χ0) is 10.1. The Labute approximate surface area is 89.5 Å². The van der Waals surface area contributed by atoms with Gasteiger partial charge in [0, 0.05) is 12.6 Å². The van der Waals surface area contributed by atoms with Gasteiger partial charge in [-0.2, -0.15) is 5.10 Å². The third kappa shape index (κ3) is 1.81. The van der Waals surface area contributed by atoms with Crippen molar-refractivity contribution >= 4 is 5.82 Å². The number of fused-ring (bicyclic) bond motifs is 1. The minimum absolute atomic E-state index is 0.527. The first-order valence-electron chi connectivity index (χ1n) is 5.74. The monoisotopic (exact) mass is 204 g/mol. The lowest BCUT2D eigenvalue weighted by atomic mass is 10.2. The Morgan fingerprint density at radius 1 is 1.33 bits per heavy atom. The number of anilines is 1. The lowest BCUT2D eigenvalue weighted by molar-refractivity contribution is 0.779. The second-order valence-corrected chi connectivity index (χ2v) is 4.39. The van der Waals surface area contributed by atoms with Crippen LogP contribution in [0.15, 0.2) is 6.07 Å². The number of hydrogen-bond donors (Lipinski definition) is 2. The average Bonchev–Trinajstić information content (AvgIpc) is 2.87. The maximum Gasteiger partial charge on any atom is 0.149 e. The van der Waals surface area contributed by atoms with Crippen molar-refractivity contribution in [2.75, 3.05) is 18.4 Å². The quantitative estimate of drug-likeness (QED) is 0.746. The van der Waals surface area contributed by atoms with Crippen molar-refractivity contribution in [2.24, 2.45) is 0 Å². The van der Waals surface area contributed by atoms with E-state index in [1.165, 1.54) is 30.5 Å². The predicted octanol–water partition coefficient (Wildman–Crippen LogP) is 0.739. The third-order valence-corrected chi connectivity index (χ3v) is 3.23. The Kier molecular flexibility index (Phi) is 2.29. The Hall–Kier alpha value is -1.16. The number of nitrogens with one attached hydrogen (secondary N) is 2. The minimum Gasteiger partial charge on any atom is -0.365 e. The molecule has 0 saturated carbocycles. The summed E-state index contributed by atoms with van der Waals surface area (Å²) in [4.78, 5) is 0. The van der Waals surface area contributed by atoms with E-state index >= 15 is 0 Å². The Morgan fingerprint density at radius 3 is 3.20 bits per heavy atom. The molecule has 0 bridgehead atoms. The second kappa shape index (κ2) is 3.77. The predicted molar refractivity (Wildman–Crippen MR) is 59.0 cm³/mol. The molecule has 1 unspecified atom stereocenters. The normalized spacial score (nSPS) is 24.1. The molecule has 2 N–H and O–H groups in total. The van der Waals surface area contributed by atoms with E-state index in [-0.39, 0.29) is 0 Å². The van der Waals surface area contributed by atoms with Crippen molar-refractivity contribution in [3.05, 3.63) is 17.3 Å². The summed E-state index contributed by atoms with van der Waals surface area (Å²) in [5.74, 6) is 0.948. The van der Waals surface area contributed by atoms with Gasteiger partial charge in [-0.05, 0) is 43.9 Å². The highest BCUT2D eigenvalue weighted by molar-refractivity contribution is 5.40. The van der Waals surface area contributed by atoms with Crippen molar-refractivity contribution in [1.29, 1.82) is 0 Å². The summed E-state index contributed by atoms with van der Waals surface area (Å²) in [5, 5.41) is 15.3. The van der Waals surface area contributed by atoms with E-state index in [9.17, 15) is 0 Å². The molecule has 0 aromatic carbocycles. The first kappa shape index (κ1) is 9.09. The molecule has 1 fully saturated rings. The fourth-order valence-corrected chi connectivity index (χ4v) is 2.39. The van der Waals surface area contributed by atoms with Gasteiger partial charge < -0.3 is 10.6 Å². The Bertz CT molecular complexity index is 358. The van der Waals surface area contributed by atoms with Crippen molar-refractivity contribution in [1.82, 2.24) is 15.5 Å². The average molecular weight is 204 g/mol. The van der Waals surface area contributed by atoms with Crippen LogP contribution in [0.25, 0.3) is 0 Å². The molecule has 1 aromatic rings. The fourth-order valence-electron chi connectivity index (χ4n) is 2.39. The number of nitrogens with zero attached hydrogens (tertiary/aromatic N) is 2. The van der Waals surface area contributed by atoms with Gasteiger partial charge in [-0.3, -0.25) is 0 Å². The summed E-state index contributed by atoms with van der Waals surface area (Å²) >= 11 is 0. The van der Waals surface area contributed by atoms with Crippen LogP contribution >= 0.6 is 0 Å². The van der Waals surface area contributed by atoms with Gasteiger partial charge in [-0.15, -0.1) is 5.10 Å². The van der Waals surface area contributed by atoms with Gasteiger partial charge in [-0.1, -0.05) is 0 Å². The highest BCUT2D eigenvalue weighted by Gasteiger charge is 2.17. The van der Waals surface area contributed by atoms with Gasteiger partial charge in [0.15, 0.2) is 0 Å². The van der Waals surface area contributed by atoms with E-state index in [4.69, 9.17) is 0 Å². The van der Waals surface area contributed by atoms with Crippen molar-refractivity contribution in [3.63, 3.8) is 0 Å². The molecule has 4 heteroatoms. The van der Waals surface area contributed by atoms with E-state index < -0.39 is 0 Å². The molecule has 0 spiro atoms. The molecule has 15 heavy (non-hydrogen) atoms. The highest BCUT2D eigenvalue weighted by Crippen LogP contribution is 2.21. The van der Waals surface area contributed by atoms with Crippen LogP contribution in [0.4, 0.5) is 5.82 Å².